The van der Waals surface area contributed by atoms with Gasteiger partial charge in [0.1, 0.15) is 5.75 Å². The molecule has 1 unspecified atom stereocenters. The molecule has 0 spiro atoms. The highest BCUT2D eigenvalue weighted by Gasteiger charge is 2.21. The molecule has 19 heavy (non-hydrogen) atoms. The largest absolute Gasteiger partial charge is 0.432 e. The molecule has 1 rings (SSSR count). The van der Waals surface area contributed by atoms with Gasteiger partial charge in [-0.2, -0.15) is 0 Å². The molecule has 1 aromatic carbocycles. The van der Waals surface area contributed by atoms with Crippen molar-refractivity contribution < 1.29 is 14.0 Å². The highest BCUT2D eigenvalue weighted by molar-refractivity contribution is 8.09. The Morgan fingerprint density at radius 3 is 2.58 bits per heavy atom. The van der Waals surface area contributed by atoms with Gasteiger partial charge < -0.3 is 9.05 Å². The number of hydrogen-bond donors (Lipinski definition) is 1. The second-order valence-corrected chi connectivity index (χ2v) is 7.50. The molecule has 0 aliphatic heterocycles. The number of rotatable bonds is 6. The molecule has 0 saturated heterocycles. The molecule has 1 atom stereocenters. The van der Waals surface area contributed by atoms with Crippen LogP contribution in [-0.4, -0.2) is 18.1 Å². The number of hydrogen-bond acceptors (Lipinski definition) is 5. The fourth-order valence-electron chi connectivity index (χ4n) is 1.41. The van der Waals surface area contributed by atoms with Gasteiger partial charge in [-0.1, -0.05) is 0 Å². The quantitative estimate of drug-likeness (QED) is 0.494. The van der Waals surface area contributed by atoms with Crippen LogP contribution in [-0.2, 0) is 16.3 Å². The minimum atomic E-state index is -2.68. The Labute approximate surface area is 117 Å². The molecule has 0 bridgehead atoms. The van der Waals surface area contributed by atoms with Gasteiger partial charge in [0.05, 0.1) is 11.0 Å². The number of aryl methyl sites for hydroxylation is 1. The van der Waals surface area contributed by atoms with Crippen molar-refractivity contribution in [2.75, 3.05) is 7.11 Å². The zero-order valence-electron chi connectivity index (χ0n) is 11.2. The van der Waals surface area contributed by atoms with Crippen molar-refractivity contribution in [2.45, 2.75) is 26.8 Å². The Bertz CT molecular complexity index is 521. The van der Waals surface area contributed by atoms with Gasteiger partial charge in [-0.3, -0.25) is 10.1 Å². The first-order valence-electron chi connectivity index (χ1n) is 5.65. The monoisotopic (exact) mass is 304 g/mol. The lowest BCUT2D eigenvalue weighted by Gasteiger charge is -2.23. The molecule has 0 heterocycles. The average Bonchev–Trinajstić information content (AvgIpc) is 2.30. The maximum absolute atomic E-state index is 10.9. The van der Waals surface area contributed by atoms with Crippen molar-refractivity contribution in [3.63, 3.8) is 0 Å². The number of benzene rings is 1. The van der Waals surface area contributed by atoms with E-state index in [2.05, 4.69) is 5.09 Å². The van der Waals surface area contributed by atoms with Gasteiger partial charge in [0, 0.05) is 18.7 Å². The summed E-state index contributed by atoms with van der Waals surface area (Å²) < 4.78 is 10.8. The molecule has 0 aromatic heterocycles. The van der Waals surface area contributed by atoms with E-state index in [1.165, 1.54) is 13.2 Å². The van der Waals surface area contributed by atoms with Gasteiger partial charge in [-0.25, -0.2) is 5.09 Å². The maximum atomic E-state index is 10.9. The third-order valence-electron chi connectivity index (χ3n) is 2.26. The number of nitro groups is 1. The van der Waals surface area contributed by atoms with E-state index in [-0.39, 0.29) is 11.7 Å². The van der Waals surface area contributed by atoms with E-state index < -0.39 is 11.6 Å². The van der Waals surface area contributed by atoms with Gasteiger partial charge in [0.25, 0.3) is 5.69 Å². The SMILES string of the molecule is COP(=S)(NC(C)C)Oc1ccc(C)c([N+](=O)[O-])c1. The van der Waals surface area contributed by atoms with Crippen LogP contribution in [0.1, 0.15) is 19.4 Å². The molecule has 106 valence electrons. The smallest absolute Gasteiger partial charge is 0.312 e. The summed E-state index contributed by atoms with van der Waals surface area (Å²) in [7, 11) is 1.46. The Morgan fingerprint density at radius 2 is 2.11 bits per heavy atom. The summed E-state index contributed by atoms with van der Waals surface area (Å²) in [6, 6.07) is 4.71. The Balaban J connectivity index is 3.01. The van der Waals surface area contributed by atoms with E-state index in [4.69, 9.17) is 20.9 Å². The van der Waals surface area contributed by atoms with Crippen LogP contribution in [0.15, 0.2) is 18.2 Å². The first-order chi connectivity index (χ1) is 8.77. The van der Waals surface area contributed by atoms with Crippen LogP contribution < -0.4 is 9.61 Å². The Morgan fingerprint density at radius 1 is 1.47 bits per heavy atom. The zero-order chi connectivity index (χ0) is 14.6. The third-order valence-corrected chi connectivity index (χ3v) is 5.01. The van der Waals surface area contributed by atoms with Crippen molar-refractivity contribution in [1.82, 2.24) is 5.09 Å². The Kier molecular flexibility index (Phi) is 5.43. The molecule has 0 fully saturated rings. The number of nitrogens with zero attached hydrogens (tertiary/aromatic N) is 1. The summed E-state index contributed by atoms with van der Waals surface area (Å²) in [5.41, 5.74) is 0.569. The highest BCUT2D eigenvalue weighted by atomic mass is 32.5. The molecule has 0 saturated carbocycles. The number of nitro benzene ring substituents is 1. The highest BCUT2D eigenvalue weighted by Crippen LogP contribution is 2.45. The molecular weight excluding hydrogens is 287 g/mol. The van der Waals surface area contributed by atoms with E-state index in [0.717, 1.165) is 0 Å². The molecule has 8 heteroatoms. The molecule has 0 aliphatic carbocycles. The first-order valence-corrected chi connectivity index (χ1v) is 8.29. The summed E-state index contributed by atoms with van der Waals surface area (Å²) in [4.78, 5) is 10.4. The standard InChI is InChI=1S/C11H17N2O4PS/c1-8(2)12-18(19,16-4)17-10-6-5-9(3)11(7-10)13(14)15/h5-8H,1-4H3,(H,12,19). The molecule has 0 amide bonds. The molecule has 1 N–H and O–H groups in total. The second kappa shape index (κ2) is 6.43. The minimum absolute atomic E-state index is 0.000278. The third kappa shape index (κ3) is 4.54. The molecule has 0 aliphatic rings. The predicted molar refractivity (Wildman–Crippen MR) is 78.0 cm³/mol. The van der Waals surface area contributed by atoms with Gasteiger partial charge >= 0.3 is 6.64 Å². The maximum Gasteiger partial charge on any atom is 0.312 e. The van der Waals surface area contributed by atoms with Crippen LogP contribution >= 0.6 is 6.64 Å². The van der Waals surface area contributed by atoms with Crippen molar-refractivity contribution in [3.05, 3.63) is 33.9 Å². The average molecular weight is 304 g/mol. The topological polar surface area (TPSA) is 73.6 Å². The van der Waals surface area contributed by atoms with Crippen molar-refractivity contribution >= 4 is 24.1 Å². The summed E-state index contributed by atoms with van der Waals surface area (Å²) in [5, 5.41) is 13.9. The molecule has 6 nitrogen and oxygen atoms in total. The van der Waals surface area contributed by atoms with E-state index in [0.29, 0.717) is 11.3 Å². The van der Waals surface area contributed by atoms with Crippen LogP contribution in [0.3, 0.4) is 0 Å². The lowest BCUT2D eigenvalue weighted by molar-refractivity contribution is -0.385. The summed E-state index contributed by atoms with van der Waals surface area (Å²) in [6.07, 6.45) is 0. The number of nitrogens with one attached hydrogen (secondary N) is 1. The van der Waals surface area contributed by atoms with Crippen molar-refractivity contribution in [3.8, 4) is 5.75 Å². The fraction of sp³-hybridized carbons (Fsp3) is 0.455. The lowest BCUT2D eigenvalue weighted by atomic mass is 10.2. The summed E-state index contributed by atoms with van der Waals surface area (Å²) in [6.45, 7) is 2.82. The first kappa shape index (κ1) is 16.0. The normalized spacial score (nSPS) is 14.2. The molecule has 1 aromatic rings. The van der Waals surface area contributed by atoms with Gasteiger partial charge in [-0.05, 0) is 44.7 Å². The predicted octanol–water partition coefficient (Wildman–Crippen LogP) is 3.15. The van der Waals surface area contributed by atoms with Crippen LogP contribution in [0.5, 0.6) is 5.75 Å². The fourth-order valence-corrected chi connectivity index (χ4v) is 3.56. The van der Waals surface area contributed by atoms with Crippen molar-refractivity contribution in [1.29, 1.82) is 0 Å². The van der Waals surface area contributed by atoms with Gasteiger partial charge in [-0.15, -0.1) is 0 Å². The van der Waals surface area contributed by atoms with Crippen LogP contribution in [0.2, 0.25) is 0 Å². The van der Waals surface area contributed by atoms with E-state index >= 15 is 0 Å². The van der Waals surface area contributed by atoms with Crippen LogP contribution in [0.25, 0.3) is 0 Å². The Hall–Kier alpha value is -1.01. The van der Waals surface area contributed by atoms with E-state index in [1.807, 2.05) is 13.8 Å². The van der Waals surface area contributed by atoms with Crippen LogP contribution in [0, 0.1) is 17.0 Å². The van der Waals surface area contributed by atoms with Crippen molar-refractivity contribution in [2.24, 2.45) is 0 Å². The summed E-state index contributed by atoms with van der Waals surface area (Å²) in [5.74, 6) is 0.329. The van der Waals surface area contributed by atoms with Gasteiger partial charge in [0.15, 0.2) is 0 Å². The van der Waals surface area contributed by atoms with Gasteiger partial charge in [0.2, 0.25) is 0 Å². The van der Waals surface area contributed by atoms with E-state index in [1.54, 1.807) is 19.1 Å². The second-order valence-electron chi connectivity index (χ2n) is 4.26. The van der Waals surface area contributed by atoms with E-state index in [9.17, 15) is 10.1 Å². The van der Waals surface area contributed by atoms with Crippen LogP contribution in [0.4, 0.5) is 5.69 Å². The molecule has 0 radical (unpaired) electrons. The molecular formula is C11H17N2O4PS. The summed E-state index contributed by atoms with van der Waals surface area (Å²) >= 11 is 5.29. The minimum Gasteiger partial charge on any atom is -0.432 e. The lowest BCUT2D eigenvalue weighted by Crippen LogP contribution is -2.22. The zero-order valence-corrected chi connectivity index (χ0v) is 13.0.